The van der Waals surface area contributed by atoms with Crippen LogP contribution in [0.1, 0.15) is 21.7 Å². The minimum absolute atomic E-state index is 0.224. The number of carbonyl (C=O) groups excluding carboxylic acids is 1. The summed E-state index contributed by atoms with van der Waals surface area (Å²) in [5.41, 5.74) is 5.74. The molecule has 40 heavy (non-hydrogen) atoms. The fourth-order valence-corrected chi connectivity index (χ4v) is 5.19. The van der Waals surface area contributed by atoms with Gasteiger partial charge in [0.2, 0.25) is 10.0 Å². The Bertz CT molecular complexity index is 1860. The maximum Gasteiger partial charge on any atom is 0.264 e. The average Bonchev–Trinajstić information content (AvgIpc) is 3.34. The first-order valence-corrected chi connectivity index (χ1v) is 14.6. The van der Waals surface area contributed by atoms with E-state index in [0.29, 0.717) is 24.6 Å². The molecule has 2 aromatic carbocycles. The van der Waals surface area contributed by atoms with Gasteiger partial charge in [-0.05, 0) is 42.5 Å². The summed E-state index contributed by atoms with van der Waals surface area (Å²) in [7, 11) is -3.68. The molecule has 1 amide bonds. The Morgan fingerprint density at radius 3 is 2.50 bits per heavy atom. The molecule has 202 valence electrons. The first kappa shape index (κ1) is 25.7. The van der Waals surface area contributed by atoms with Crippen molar-refractivity contribution in [2.75, 3.05) is 37.5 Å². The number of fused-ring (bicyclic) bond motifs is 2. The zero-order chi connectivity index (χ0) is 27.7. The van der Waals surface area contributed by atoms with E-state index < -0.39 is 15.9 Å². The topological polar surface area (TPSA) is 119 Å². The van der Waals surface area contributed by atoms with Gasteiger partial charge in [-0.2, -0.15) is 5.10 Å². The normalized spacial score (nSPS) is 14.3. The predicted molar refractivity (Wildman–Crippen MR) is 154 cm³/mol. The number of amides is 1. The zero-order valence-electron chi connectivity index (χ0n) is 21.7. The number of ether oxygens (including phenoxy) is 1. The Balaban J connectivity index is 1.44. The summed E-state index contributed by atoms with van der Waals surface area (Å²) in [5.74, 6) is -0.692. The molecule has 0 unspecified atom stereocenters. The molecule has 6 rings (SSSR count). The number of rotatable bonds is 6. The molecule has 1 N–H and O–H groups in total. The molecule has 0 saturated carbocycles. The number of para-hydroxylation sites is 1. The summed E-state index contributed by atoms with van der Waals surface area (Å²) < 4.78 is 32.3. The number of hydrogen-bond acceptors (Lipinski definition) is 8. The molecule has 10 nitrogen and oxygen atoms in total. The van der Waals surface area contributed by atoms with Crippen molar-refractivity contribution in [3.63, 3.8) is 0 Å². The lowest BCUT2D eigenvalue weighted by Gasteiger charge is -2.28. The molecule has 3 aromatic heterocycles. The number of imidazole rings is 1. The lowest BCUT2D eigenvalue weighted by atomic mass is 10.1. The van der Waals surface area contributed by atoms with Crippen molar-refractivity contribution in [1.82, 2.24) is 24.3 Å². The summed E-state index contributed by atoms with van der Waals surface area (Å²) in [6, 6.07) is 20.6. The second-order valence-corrected chi connectivity index (χ2v) is 11.2. The third kappa shape index (κ3) is 5.29. The van der Waals surface area contributed by atoms with Crippen molar-refractivity contribution in [2.45, 2.75) is 0 Å². The molecule has 5 aromatic rings. The number of hydrogen-bond donors (Lipinski definition) is 1. The first-order chi connectivity index (χ1) is 19.4. The van der Waals surface area contributed by atoms with Gasteiger partial charge in [0.25, 0.3) is 5.91 Å². The summed E-state index contributed by atoms with van der Waals surface area (Å²) in [6.45, 7) is 2.77. The summed E-state index contributed by atoms with van der Waals surface area (Å²) in [6.07, 6.45) is 6.52. The smallest absolute Gasteiger partial charge is 0.264 e. The van der Waals surface area contributed by atoms with E-state index in [0.717, 1.165) is 52.9 Å². The van der Waals surface area contributed by atoms with Crippen LogP contribution in [0, 0.1) is 0 Å². The van der Waals surface area contributed by atoms with Gasteiger partial charge < -0.3 is 9.64 Å². The number of aromatic nitrogens is 4. The third-order valence-electron chi connectivity index (χ3n) is 6.61. The molecule has 11 heteroatoms. The van der Waals surface area contributed by atoms with Gasteiger partial charge in [0.05, 0.1) is 48.3 Å². The van der Waals surface area contributed by atoms with Crippen LogP contribution in [-0.2, 0) is 14.8 Å². The minimum atomic E-state index is -3.68. The van der Waals surface area contributed by atoms with Gasteiger partial charge in [0, 0.05) is 29.6 Å². The van der Waals surface area contributed by atoms with Crippen LogP contribution in [0.15, 0.2) is 72.9 Å². The second kappa shape index (κ2) is 10.5. The fourth-order valence-electron chi connectivity index (χ4n) is 4.74. The Labute approximate surface area is 231 Å². The van der Waals surface area contributed by atoms with Crippen molar-refractivity contribution < 1.29 is 17.9 Å². The summed E-state index contributed by atoms with van der Waals surface area (Å²) >= 11 is 0. The van der Waals surface area contributed by atoms with E-state index >= 15 is 0 Å². The standard InChI is InChI=1S/C29H26N6O4S/c1-40(37,38)33-29(36)22-8-6-21(7-9-22)27-25(13-12-23-11-10-20-4-2-3-5-24(20)31-23)32-28-26(14-15-30-35(27)28)34-16-18-39-19-17-34/h2-15H,16-19H2,1H3,(H,33,36)/b13-12+. The largest absolute Gasteiger partial charge is 0.378 e. The Kier molecular flexibility index (Phi) is 6.74. The number of pyridine rings is 1. The van der Waals surface area contributed by atoms with E-state index in [-0.39, 0.29) is 5.56 Å². The molecule has 1 fully saturated rings. The molecular formula is C29H26N6O4S. The van der Waals surface area contributed by atoms with Crippen LogP contribution in [0.3, 0.4) is 0 Å². The molecular weight excluding hydrogens is 528 g/mol. The van der Waals surface area contributed by atoms with Gasteiger partial charge >= 0.3 is 0 Å². The number of morpholine rings is 1. The first-order valence-electron chi connectivity index (χ1n) is 12.7. The SMILES string of the molecule is CS(=O)(=O)NC(=O)c1ccc(-c2c(/C=C/c3ccc4ccccc4n3)nc3c(N4CCOCC4)ccnn23)cc1. The van der Waals surface area contributed by atoms with Gasteiger partial charge in [0.1, 0.15) is 5.69 Å². The van der Waals surface area contributed by atoms with Crippen LogP contribution in [0.5, 0.6) is 0 Å². The average molecular weight is 555 g/mol. The van der Waals surface area contributed by atoms with E-state index in [1.807, 2.05) is 59.3 Å². The molecule has 1 aliphatic rings. The van der Waals surface area contributed by atoms with E-state index in [9.17, 15) is 13.2 Å². The van der Waals surface area contributed by atoms with Crippen molar-refractivity contribution in [3.8, 4) is 11.3 Å². The Morgan fingerprint density at radius 2 is 1.73 bits per heavy atom. The van der Waals surface area contributed by atoms with Crippen LogP contribution in [0.25, 0.3) is 40.0 Å². The predicted octanol–water partition coefficient (Wildman–Crippen LogP) is 3.64. The highest BCUT2D eigenvalue weighted by Crippen LogP contribution is 2.31. The monoisotopic (exact) mass is 554 g/mol. The molecule has 0 atom stereocenters. The van der Waals surface area contributed by atoms with Crippen LogP contribution in [0.2, 0.25) is 0 Å². The molecule has 1 aliphatic heterocycles. The zero-order valence-corrected chi connectivity index (χ0v) is 22.5. The second-order valence-electron chi connectivity index (χ2n) is 9.44. The third-order valence-corrected chi connectivity index (χ3v) is 7.16. The van der Waals surface area contributed by atoms with E-state index in [2.05, 4.69) is 10.00 Å². The van der Waals surface area contributed by atoms with Crippen molar-refractivity contribution >= 4 is 50.3 Å². The molecule has 0 bridgehead atoms. The van der Waals surface area contributed by atoms with Gasteiger partial charge in [-0.25, -0.2) is 27.6 Å². The maximum absolute atomic E-state index is 12.4. The summed E-state index contributed by atoms with van der Waals surface area (Å²) in [5, 5.41) is 5.69. The Hall–Kier alpha value is -4.61. The fraction of sp³-hybridized carbons (Fsp3) is 0.172. The minimum Gasteiger partial charge on any atom is -0.378 e. The van der Waals surface area contributed by atoms with Crippen molar-refractivity contribution in [3.05, 3.63) is 89.9 Å². The van der Waals surface area contributed by atoms with Crippen LogP contribution >= 0.6 is 0 Å². The number of nitrogens with zero attached hydrogens (tertiary/aromatic N) is 5. The highest BCUT2D eigenvalue weighted by Gasteiger charge is 2.21. The van der Waals surface area contributed by atoms with E-state index in [1.54, 1.807) is 35.0 Å². The number of benzene rings is 2. The molecule has 4 heterocycles. The van der Waals surface area contributed by atoms with Gasteiger partial charge in [0.15, 0.2) is 5.65 Å². The quantitative estimate of drug-likeness (QED) is 0.338. The molecule has 1 saturated heterocycles. The summed E-state index contributed by atoms with van der Waals surface area (Å²) in [4.78, 5) is 24.3. The highest BCUT2D eigenvalue weighted by atomic mass is 32.2. The highest BCUT2D eigenvalue weighted by molar-refractivity contribution is 7.89. The molecule has 0 radical (unpaired) electrons. The van der Waals surface area contributed by atoms with Crippen molar-refractivity contribution in [1.29, 1.82) is 0 Å². The van der Waals surface area contributed by atoms with Crippen LogP contribution < -0.4 is 9.62 Å². The lowest BCUT2D eigenvalue weighted by molar-refractivity contribution is 0.0981. The van der Waals surface area contributed by atoms with Gasteiger partial charge in [-0.15, -0.1) is 0 Å². The number of nitrogens with one attached hydrogen (secondary N) is 1. The number of carbonyl (C=O) groups is 1. The molecule has 0 spiro atoms. The van der Waals surface area contributed by atoms with Crippen molar-refractivity contribution in [2.24, 2.45) is 0 Å². The number of sulfonamides is 1. The van der Waals surface area contributed by atoms with Gasteiger partial charge in [-0.3, -0.25) is 4.79 Å². The van der Waals surface area contributed by atoms with Crippen LogP contribution in [-0.4, -0.2) is 66.5 Å². The lowest BCUT2D eigenvalue weighted by Crippen LogP contribution is -2.36. The molecule has 0 aliphatic carbocycles. The van der Waals surface area contributed by atoms with E-state index in [1.165, 1.54) is 0 Å². The Morgan fingerprint density at radius 1 is 0.950 bits per heavy atom. The van der Waals surface area contributed by atoms with Crippen LogP contribution in [0.4, 0.5) is 5.69 Å². The van der Waals surface area contributed by atoms with E-state index in [4.69, 9.17) is 14.7 Å². The van der Waals surface area contributed by atoms with Gasteiger partial charge in [-0.1, -0.05) is 36.4 Å². The maximum atomic E-state index is 12.4. The number of anilines is 1.